The van der Waals surface area contributed by atoms with Gasteiger partial charge in [-0.15, -0.1) is 0 Å². The second-order valence-electron chi connectivity index (χ2n) is 4.90. The van der Waals surface area contributed by atoms with Crippen LogP contribution in [0, 0.1) is 0 Å². The lowest BCUT2D eigenvalue weighted by Gasteiger charge is -2.18. The van der Waals surface area contributed by atoms with E-state index in [1.54, 1.807) is 0 Å². The summed E-state index contributed by atoms with van der Waals surface area (Å²) in [7, 11) is 0. The fraction of sp³-hybridized carbons (Fsp3) is 0.643. The lowest BCUT2D eigenvalue weighted by atomic mass is 9.94. The van der Waals surface area contributed by atoms with Crippen molar-refractivity contribution in [3.8, 4) is 0 Å². The van der Waals surface area contributed by atoms with Gasteiger partial charge in [0.1, 0.15) is 5.82 Å². The molecule has 94 valence electrons. The predicted octanol–water partition coefficient (Wildman–Crippen LogP) is 3.18. The van der Waals surface area contributed by atoms with Crippen molar-refractivity contribution in [1.82, 2.24) is 9.55 Å². The molecule has 1 aromatic heterocycles. The third-order valence-electron chi connectivity index (χ3n) is 3.41. The van der Waals surface area contributed by atoms with Crippen LogP contribution in [0.15, 0.2) is 24.0 Å². The molecule has 1 aliphatic carbocycles. The number of rotatable bonds is 5. The predicted molar refractivity (Wildman–Crippen MR) is 70.6 cm³/mol. The minimum absolute atomic E-state index is 0.0564. The highest BCUT2D eigenvalue weighted by Gasteiger charge is 2.15. The van der Waals surface area contributed by atoms with E-state index in [1.807, 2.05) is 12.4 Å². The van der Waals surface area contributed by atoms with Crippen LogP contribution in [-0.2, 0) is 6.54 Å². The molecule has 0 saturated carbocycles. The van der Waals surface area contributed by atoms with E-state index in [4.69, 9.17) is 5.73 Å². The Balaban J connectivity index is 2.00. The summed E-state index contributed by atoms with van der Waals surface area (Å²) in [6.45, 7) is 3.20. The van der Waals surface area contributed by atoms with Gasteiger partial charge in [-0.25, -0.2) is 4.98 Å². The van der Waals surface area contributed by atoms with E-state index >= 15 is 0 Å². The molecule has 0 amide bonds. The largest absolute Gasteiger partial charge is 0.334 e. The maximum atomic E-state index is 6.28. The maximum absolute atomic E-state index is 6.28. The van der Waals surface area contributed by atoms with Crippen molar-refractivity contribution in [3.05, 3.63) is 29.9 Å². The van der Waals surface area contributed by atoms with Gasteiger partial charge in [0.2, 0.25) is 0 Å². The average Bonchev–Trinajstić information content (AvgIpc) is 2.79. The molecule has 3 heteroatoms. The Hall–Kier alpha value is -1.09. The van der Waals surface area contributed by atoms with E-state index in [0.717, 1.165) is 25.2 Å². The number of aromatic nitrogens is 2. The first-order valence-electron chi connectivity index (χ1n) is 6.75. The van der Waals surface area contributed by atoms with Crippen LogP contribution in [0.3, 0.4) is 0 Å². The monoisotopic (exact) mass is 233 g/mol. The molecule has 1 heterocycles. The quantitative estimate of drug-likeness (QED) is 0.794. The van der Waals surface area contributed by atoms with Crippen LogP contribution in [0.2, 0.25) is 0 Å². The molecule has 0 fully saturated rings. The number of imidazole rings is 1. The highest BCUT2D eigenvalue weighted by Crippen LogP contribution is 2.25. The van der Waals surface area contributed by atoms with Gasteiger partial charge in [0.15, 0.2) is 0 Å². The first-order chi connectivity index (χ1) is 8.31. The van der Waals surface area contributed by atoms with Crippen molar-refractivity contribution >= 4 is 0 Å². The molecule has 0 radical (unpaired) electrons. The van der Waals surface area contributed by atoms with Gasteiger partial charge in [-0.1, -0.05) is 18.6 Å². The lowest BCUT2D eigenvalue weighted by molar-refractivity contribution is 0.556. The summed E-state index contributed by atoms with van der Waals surface area (Å²) in [5.74, 6) is 1.04. The molecular weight excluding hydrogens is 210 g/mol. The van der Waals surface area contributed by atoms with Crippen LogP contribution in [-0.4, -0.2) is 9.55 Å². The van der Waals surface area contributed by atoms with Crippen molar-refractivity contribution in [2.24, 2.45) is 5.73 Å². The molecule has 0 saturated heterocycles. The Kier molecular flexibility index (Phi) is 4.37. The van der Waals surface area contributed by atoms with Gasteiger partial charge in [0, 0.05) is 18.9 Å². The zero-order chi connectivity index (χ0) is 12.1. The molecule has 1 aromatic rings. The van der Waals surface area contributed by atoms with Gasteiger partial charge in [-0.2, -0.15) is 0 Å². The number of hydrogen-bond acceptors (Lipinski definition) is 2. The molecule has 3 nitrogen and oxygen atoms in total. The molecular formula is C14H23N3. The fourth-order valence-electron chi connectivity index (χ4n) is 2.54. The molecule has 2 N–H and O–H groups in total. The molecule has 2 rings (SSSR count). The number of nitrogens with zero attached hydrogens (tertiary/aromatic N) is 2. The number of hydrogen-bond donors (Lipinski definition) is 1. The third kappa shape index (κ3) is 3.19. The van der Waals surface area contributed by atoms with Gasteiger partial charge in [-0.3, -0.25) is 0 Å². The van der Waals surface area contributed by atoms with Crippen molar-refractivity contribution in [2.75, 3.05) is 0 Å². The normalized spacial score (nSPS) is 17.9. The SMILES string of the molecule is CCCn1ccnc1C(N)CC1=CCCCC1. The Morgan fingerprint density at radius 2 is 2.35 bits per heavy atom. The molecule has 17 heavy (non-hydrogen) atoms. The standard InChI is InChI=1S/C14H23N3/c1-2-9-17-10-8-16-14(17)13(15)11-12-6-4-3-5-7-12/h6,8,10,13H,2-5,7,9,11,15H2,1H3. The molecule has 0 spiro atoms. The maximum Gasteiger partial charge on any atom is 0.125 e. The Morgan fingerprint density at radius 3 is 3.06 bits per heavy atom. The Morgan fingerprint density at radius 1 is 1.47 bits per heavy atom. The Labute approximate surface area is 104 Å². The van der Waals surface area contributed by atoms with Crippen LogP contribution in [0.4, 0.5) is 0 Å². The first kappa shape index (κ1) is 12.4. The average molecular weight is 233 g/mol. The van der Waals surface area contributed by atoms with Crippen molar-refractivity contribution in [1.29, 1.82) is 0 Å². The van der Waals surface area contributed by atoms with E-state index in [2.05, 4.69) is 22.6 Å². The minimum atomic E-state index is 0.0564. The van der Waals surface area contributed by atoms with E-state index in [-0.39, 0.29) is 6.04 Å². The fourth-order valence-corrected chi connectivity index (χ4v) is 2.54. The van der Waals surface area contributed by atoms with Crippen LogP contribution >= 0.6 is 0 Å². The summed E-state index contributed by atoms with van der Waals surface area (Å²) in [5.41, 5.74) is 7.80. The van der Waals surface area contributed by atoms with E-state index in [0.29, 0.717) is 0 Å². The van der Waals surface area contributed by atoms with Crippen LogP contribution in [0.5, 0.6) is 0 Å². The Bertz CT molecular complexity index is 379. The summed E-state index contributed by atoms with van der Waals surface area (Å²) in [4.78, 5) is 4.41. The van der Waals surface area contributed by atoms with Gasteiger partial charge in [0.05, 0.1) is 6.04 Å². The van der Waals surface area contributed by atoms with E-state index in [1.165, 1.54) is 31.3 Å². The van der Waals surface area contributed by atoms with Gasteiger partial charge >= 0.3 is 0 Å². The van der Waals surface area contributed by atoms with Crippen LogP contribution < -0.4 is 5.73 Å². The molecule has 1 aliphatic rings. The van der Waals surface area contributed by atoms with Gasteiger partial charge in [-0.05, 0) is 38.5 Å². The number of nitrogens with two attached hydrogens (primary N) is 1. The molecule has 0 bridgehead atoms. The van der Waals surface area contributed by atoms with Gasteiger partial charge in [0.25, 0.3) is 0 Å². The van der Waals surface area contributed by atoms with Gasteiger partial charge < -0.3 is 10.3 Å². The first-order valence-corrected chi connectivity index (χ1v) is 6.75. The van der Waals surface area contributed by atoms with E-state index in [9.17, 15) is 0 Å². The molecule has 0 aliphatic heterocycles. The smallest absolute Gasteiger partial charge is 0.125 e. The second kappa shape index (κ2) is 6.01. The minimum Gasteiger partial charge on any atom is -0.334 e. The lowest BCUT2D eigenvalue weighted by Crippen LogP contribution is -2.17. The second-order valence-corrected chi connectivity index (χ2v) is 4.90. The molecule has 1 atom stereocenters. The topological polar surface area (TPSA) is 43.8 Å². The van der Waals surface area contributed by atoms with Crippen molar-refractivity contribution in [3.63, 3.8) is 0 Å². The summed E-state index contributed by atoms with van der Waals surface area (Å²) >= 11 is 0. The molecule has 1 unspecified atom stereocenters. The highest BCUT2D eigenvalue weighted by atomic mass is 15.1. The van der Waals surface area contributed by atoms with Crippen LogP contribution in [0.25, 0.3) is 0 Å². The van der Waals surface area contributed by atoms with Crippen molar-refractivity contribution in [2.45, 2.75) is 58.0 Å². The summed E-state index contributed by atoms with van der Waals surface area (Å²) in [6, 6.07) is 0.0564. The highest BCUT2D eigenvalue weighted by molar-refractivity contribution is 5.10. The molecule has 0 aromatic carbocycles. The number of allylic oxidation sites excluding steroid dienone is 1. The number of aryl methyl sites for hydroxylation is 1. The summed E-state index contributed by atoms with van der Waals surface area (Å²) in [6.07, 6.45) is 13.5. The zero-order valence-corrected chi connectivity index (χ0v) is 10.7. The zero-order valence-electron chi connectivity index (χ0n) is 10.7. The summed E-state index contributed by atoms with van der Waals surface area (Å²) in [5, 5.41) is 0. The van der Waals surface area contributed by atoms with Crippen LogP contribution in [0.1, 0.15) is 57.3 Å². The third-order valence-corrected chi connectivity index (χ3v) is 3.41. The van der Waals surface area contributed by atoms with E-state index < -0.39 is 0 Å². The summed E-state index contributed by atoms with van der Waals surface area (Å²) < 4.78 is 2.19. The van der Waals surface area contributed by atoms with Crippen molar-refractivity contribution < 1.29 is 0 Å².